The van der Waals surface area contributed by atoms with Crippen molar-refractivity contribution in [1.29, 1.82) is 0 Å². The lowest BCUT2D eigenvalue weighted by Gasteiger charge is -2.37. The van der Waals surface area contributed by atoms with Crippen LogP contribution in [0.2, 0.25) is 0 Å². The molecule has 2 amide bonds. The number of aliphatic hydroxyl groups excluding tert-OH is 1. The van der Waals surface area contributed by atoms with Crippen LogP contribution in [-0.2, 0) is 4.79 Å². The maximum Gasteiger partial charge on any atom is 0.257 e. The molecule has 0 spiro atoms. The number of anilines is 1. The zero-order valence-electron chi connectivity index (χ0n) is 20.1. The van der Waals surface area contributed by atoms with Crippen molar-refractivity contribution < 1.29 is 28.2 Å². The van der Waals surface area contributed by atoms with Gasteiger partial charge in [0.05, 0.1) is 23.6 Å². The second kappa shape index (κ2) is 9.81. The van der Waals surface area contributed by atoms with E-state index in [2.05, 4.69) is 10.2 Å². The van der Waals surface area contributed by atoms with E-state index < -0.39 is 41.5 Å². The Morgan fingerprint density at radius 1 is 1.16 bits per heavy atom. The number of carbonyl (C=O) groups excluding carboxylic acids is 2. The summed E-state index contributed by atoms with van der Waals surface area (Å²) in [5.74, 6) is -4.21. The van der Waals surface area contributed by atoms with Crippen molar-refractivity contribution in [2.45, 2.75) is 19.0 Å². The number of hydrogen-bond acceptors (Lipinski definition) is 6. The van der Waals surface area contributed by atoms with Crippen molar-refractivity contribution in [3.63, 3.8) is 0 Å². The first-order chi connectivity index (χ1) is 17.8. The lowest BCUT2D eigenvalue weighted by atomic mass is 10.1. The highest BCUT2D eigenvalue weighted by atomic mass is 19.2. The predicted octanol–water partition coefficient (Wildman–Crippen LogP) is 1.67. The van der Waals surface area contributed by atoms with Gasteiger partial charge >= 0.3 is 0 Å². The summed E-state index contributed by atoms with van der Waals surface area (Å²) in [6.07, 6.45) is 1.26. The SMILES string of the molecule is CC1COc2c(F)c(F)cc3c(=O)c(C(=O)NC(CO)C(=O)N4CCN(c5ccccc5)CC4)cn1c23. The van der Waals surface area contributed by atoms with E-state index in [0.717, 1.165) is 11.8 Å². The first-order valence-electron chi connectivity index (χ1n) is 12.0. The number of benzene rings is 2. The summed E-state index contributed by atoms with van der Waals surface area (Å²) in [6.45, 7) is 3.05. The van der Waals surface area contributed by atoms with Crippen molar-refractivity contribution in [2.24, 2.45) is 0 Å². The summed E-state index contributed by atoms with van der Waals surface area (Å²) in [5.41, 5.74) is -0.0766. The molecular formula is C26H26F2N4O5. The molecule has 2 N–H and O–H groups in total. The number of rotatable bonds is 5. The minimum Gasteiger partial charge on any atom is -0.486 e. The molecule has 11 heteroatoms. The molecule has 2 atom stereocenters. The molecule has 2 aliphatic rings. The van der Waals surface area contributed by atoms with Crippen LogP contribution in [0, 0.1) is 11.6 Å². The highest BCUT2D eigenvalue weighted by Crippen LogP contribution is 2.35. The Morgan fingerprint density at radius 3 is 2.54 bits per heavy atom. The maximum absolute atomic E-state index is 14.3. The maximum atomic E-state index is 14.3. The minimum atomic E-state index is -1.27. The smallest absolute Gasteiger partial charge is 0.257 e. The van der Waals surface area contributed by atoms with Gasteiger partial charge in [0, 0.05) is 38.1 Å². The second-order valence-electron chi connectivity index (χ2n) is 9.19. The molecule has 2 aliphatic heterocycles. The van der Waals surface area contributed by atoms with Gasteiger partial charge < -0.3 is 29.5 Å². The number of aliphatic hydroxyl groups is 1. The third-order valence-electron chi connectivity index (χ3n) is 6.85. The average Bonchev–Trinajstić information content (AvgIpc) is 2.92. The van der Waals surface area contributed by atoms with Gasteiger partial charge in [-0.25, -0.2) is 4.39 Å². The zero-order chi connectivity index (χ0) is 26.3. The van der Waals surface area contributed by atoms with Gasteiger partial charge in [0.1, 0.15) is 18.2 Å². The van der Waals surface area contributed by atoms with Gasteiger partial charge in [-0.05, 0) is 25.1 Å². The molecule has 3 aromatic rings. The van der Waals surface area contributed by atoms with E-state index in [9.17, 15) is 28.3 Å². The number of piperazine rings is 1. The monoisotopic (exact) mass is 512 g/mol. The number of nitrogens with zero attached hydrogens (tertiary/aromatic N) is 3. The summed E-state index contributed by atoms with van der Waals surface area (Å²) < 4.78 is 35.3. The number of halogens is 2. The third kappa shape index (κ3) is 4.39. The van der Waals surface area contributed by atoms with E-state index >= 15 is 0 Å². The van der Waals surface area contributed by atoms with Crippen LogP contribution in [0.4, 0.5) is 14.5 Å². The average molecular weight is 513 g/mol. The van der Waals surface area contributed by atoms with Gasteiger partial charge in [-0.15, -0.1) is 0 Å². The van der Waals surface area contributed by atoms with Gasteiger partial charge in [-0.3, -0.25) is 14.4 Å². The summed E-state index contributed by atoms with van der Waals surface area (Å²) in [6, 6.07) is 8.87. The largest absolute Gasteiger partial charge is 0.486 e. The van der Waals surface area contributed by atoms with Gasteiger partial charge in [0.25, 0.3) is 5.91 Å². The van der Waals surface area contributed by atoms with Crippen LogP contribution in [0.3, 0.4) is 0 Å². The molecule has 9 nitrogen and oxygen atoms in total. The first-order valence-corrected chi connectivity index (χ1v) is 12.0. The number of ether oxygens (including phenoxy) is 1. The Hall–Kier alpha value is -3.99. The van der Waals surface area contributed by atoms with Crippen molar-refractivity contribution >= 4 is 28.4 Å². The van der Waals surface area contributed by atoms with Crippen molar-refractivity contribution in [3.8, 4) is 5.75 Å². The Balaban J connectivity index is 1.36. The second-order valence-corrected chi connectivity index (χ2v) is 9.19. The van der Waals surface area contributed by atoms with Crippen LogP contribution in [0.5, 0.6) is 5.75 Å². The molecule has 0 aliphatic carbocycles. The Labute approximate surface area is 210 Å². The van der Waals surface area contributed by atoms with E-state index in [0.29, 0.717) is 26.2 Å². The van der Waals surface area contributed by atoms with Crippen LogP contribution in [-0.4, -0.2) is 71.8 Å². The standard InChI is InChI=1S/C26H26F2N4O5/c1-15-14-37-24-21(28)19(27)11-17-22(24)32(15)12-18(23(17)34)25(35)29-20(13-33)26(36)31-9-7-30(8-10-31)16-5-3-2-4-6-16/h2-6,11-12,15,20,33H,7-10,13-14H2,1H3,(H,29,35). The van der Waals surface area contributed by atoms with Gasteiger partial charge in [0.15, 0.2) is 11.6 Å². The Kier molecular flexibility index (Phi) is 6.55. The van der Waals surface area contributed by atoms with E-state index in [1.54, 1.807) is 11.8 Å². The lowest BCUT2D eigenvalue weighted by molar-refractivity contribution is -0.134. The summed E-state index contributed by atoms with van der Waals surface area (Å²) in [4.78, 5) is 43.0. The van der Waals surface area contributed by atoms with E-state index in [1.807, 2.05) is 30.3 Å². The summed E-state index contributed by atoms with van der Waals surface area (Å²) in [7, 11) is 0. The number of carbonyl (C=O) groups is 2. The number of pyridine rings is 1. The van der Waals surface area contributed by atoms with E-state index in [4.69, 9.17) is 4.74 Å². The molecule has 1 fully saturated rings. The molecule has 2 unspecified atom stereocenters. The molecule has 0 radical (unpaired) electrons. The fraction of sp³-hybridized carbons (Fsp3) is 0.346. The lowest BCUT2D eigenvalue weighted by Crippen LogP contribution is -2.56. The fourth-order valence-electron chi connectivity index (χ4n) is 4.82. The normalized spacial score (nSPS) is 17.9. The number of hydrogen-bond donors (Lipinski definition) is 2. The molecule has 0 bridgehead atoms. The van der Waals surface area contributed by atoms with Crippen LogP contribution in [0.15, 0.2) is 47.4 Å². The van der Waals surface area contributed by atoms with E-state index in [-0.39, 0.29) is 34.9 Å². The van der Waals surface area contributed by atoms with Gasteiger partial charge in [0.2, 0.25) is 17.2 Å². The number of nitrogens with one attached hydrogen (secondary N) is 1. The highest BCUT2D eigenvalue weighted by Gasteiger charge is 2.31. The molecule has 3 heterocycles. The first kappa shape index (κ1) is 24.7. The van der Waals surface area contributed by atoms with Gasteiger partial charge in [-0.2, -0.15) is 4.39 Å². The Bertz CT molecular complexity index is 1420. The topological polar surface area (TPSA) is 104 Å². The van der Waals surface area contributed by atoms with Gasteiger partial charge in [-0.1, -0.05) is 18.2 Å². The molecule has 37 heavy (non-hydrogen) atoms. The molecule has 0 saturated carbocycles. The predicted molar refractivity (Wildman–Crippen MR) is 132 cm³/mol. The fourth-order valence-corrected chi connectivity index (χ4v) is 4.82. The van der Waals surface area contributed by atoms with Crippen molar-refractivity contribution in [1.82, 2.24) is 14.8 Å². The zero-order valence-corrected chi connectivity index (χ0v) is 20.1. The highest BCUT2D eigenvalue weighted by molar-refractivity contribution is 6.00. The summed E-state index contributed by atoms with van der Waals surface area (Å²) in [5, 5.41) is 12.1. The van der Waals surface area contributed by atoms with E-state index in [1.165, 1.54) is 10.8 Å². The molecule has 5 rings (SSSR count). The van der Waals surface area contributed by atoms with Crippen LogP contribution < -0.4 is 20.4 Å². The Morgan fingerprint density at radius 2 is 1.86 bits per heavy atom. The molecule has 2 aromatic carbocycles. The molecule has 1 saturated heterocycles. The van der Waals surface area contributed by atoms with Crippen LogP contribution in [0.25, 0.3) is 10.9 Å². The minimum absolute atomic E-state index is 0.0130. The molecule has 194 valence electrons. The third-order valence-corrected chi connectivity index (χ3v) is 6.85. The number of para-hydroxylation sites is 1. The number of amides is 2. The molecular weight excluding hydrogens is 486 g/mol. The quantitative estimate of drug-likeness (QED) is 0.539. The van der Waals surface area contributed by atoms with Crippen LogP contribution >= 0.6 is 0 Å². The van der Waals surface area contributed by atoms with Crippen molar-refractivity contribution in [2.75, 3.05) is 44.3 Å². The van der Waals surface area contributed by atoms with Crippen molar-refractivity contribution in [3.05, 3.63) is 70.0 Å². The molecule has 1 aromatic heterocycles. The van der Waals surface area contributed by atoms with Crippen LogP contribution in [0.1, 0.15) is 23.3 Å². The number of aromatic nitrogens is 1. The summed E-state index contributed by atoms with van der Waals surface area (Å²) >= 11 is 0.